The number of phenols is 1. The van der Waals surface area contributed by atoms with Gasteiger partial charge in [0.2, 0.25) is 10.5 Å². The first-order chi connectivity index (χ1) is 12.0. The molecule has 3 aromatic rings. The van der Waals surface area contributed by atoms with Crippen molar-refractivity contribution in [2.24, 2.45) is 5.10 Å². The highest BCUT2D eigenvalue weighted by atomic mass is 32.1. The number of benzene rings is 1. The average molecular weight is 377 g/mol. The second-order valence-corrected chi connectivity index (χ2v) is 6.07. The minimum Gasteiger partial charge on any atom is -0.500 e. The molecule has 128 valence electrons. The quantitative estimate of drug-likeness (QED) is 0.305. The Labute approximate surface area is 150 Å². The van der Waals surface area contributed by atoms with Gasteiger partial charge in [-0.3, -0.25) is 10.1 Å². The predicted octanol–water partition coefficient (Wildman–Crippen LogP) is 3.17. The molecule has 3 rings (SSSR count). The number of H-pyrrole nitrogens is 1. The molecule has 0 spiro atoms. The van der Waals surface area contributed by atoms with E-state index in [0.717, 1.165) is 4.88 Å². The second kappa shape index (κ2) is 6.83. The first-order valence-corrected chi connectivity index (χ1v) is 8.11. The first kappa shape index (κ1) is 16.8. The first-order valence-electron chi connectivity index (χ1n) is 6.82. The number of aromatic hydroxyl groups is 1. The number of aromatic amines is 1. The number of rotatable bonds is 5. The molecule has 0 saturated heterocycles. The molecule has 1 aromatic carbocycles. The van der Waals surface area contributed by atoms with E-state index in [9.17, 15) is 15.2 Å². The molecule has 0 atom stereocenters. The van der Waals surface area contributed by atoms with Gasteiger partial charge in [-0.2, -0.15) is 14.9 Å². The maximum Gasteiger partial charge on any atom is 0.315 e. The summed E-state index contributed by atoms with van der Waals surface area (Å²) in [5.74, 6) is -0.0368. The molecule has 0 amide bonds. The predicted molar refractivity (Wildman–Crippen MR) is 95.0 cm³/mol. The number of methoxy groups -OCH3 is 1. The molecule has 2 heterocycles. The smallest absolute Gasteiger partial charge is 0.315 e. The van der Waals surface area contributed by atoms with Gasteiger partial charge in [0.15, 0.2) is 11.6 Å². The standard InChI is InChI=1S/C14H11N5O4S2/c1-23-10-6-8(5-9(12(10)20)19(21)22)7-15-18-13(16-17-14(18)24)11-3-2-4-25-11/h2-7,20H,1H3,(H,17,24)/b15-7-. The van der Waals surface area contributed by atoms with Gasteiger partial charge < -0.3 is 9.84 Å². The fourth-order valence-corrected chi connectivity index (χ4v) is 2.95. The van der Waals surface area contributed by atoms with E-state index in [1.165, 1.54) is 41.5 Å². The summed E-state index contributed by atoms with van der Waals surface area (Å²) in [6.45, 7) is 0. The number of thiophene rings is 1. The number of nitrogens with zero attached hydrogens (tertiary/aromatic N) is 4. The maximum atomic E-state index is 11.0. The Kier molecular flexibility index (Phi) is 4.59. The van der Waals surface area contributed by atoms with Crippen LogP contribution in [0.15, 0.2) is 34.7 Å². The van der Waals surface area contributed by atoms with Crippen LogP contribution in [0.5, 0.6) is 11.5 Å². The maximum absolute atomic E-state index is 11.0. The van der Waals surface area contributed by atoms with Crippen LogP contribution in [0.4, 0.5) is 5.69 Å². The van der Waals surface area contributed by atoms with Crippen LogP contribution in [0.3, 0.4) is 0 Å². The SMILES string of the molecule is COc1cc(/C=N\n2c(-c3cccs3)n[nH]c2=S)cc([N+](=O)[O-])c1O. The van der Waals surface area contributed by atoms with Gasteiger partial charge in [-0.1, -0.05) is 6.07 Å². The van der Waals surface area contributed by atoms with E-state index in [0.29, 0.717) is 11.4 Å². The Hall–Kier alpha value is -3.05. The van der Waals surface area contributed by atoms with Crippen LogP contribution in [-0.2, 0) is 0 Å². The van der Waals surface area contributed by atoms with E-state index in [1.807, 2.05) is 17.5 Å². The lowest BCUT2D eigenvalue weighted by molar-refractivity contribution is -0.386. The van der Waals surface area contributed by atoms with E-state index in [4.69, 9.17) is 17.0 Å². The fraction of sp³-hybridized carbons (Fsp3) is 0.0714. The van der Waals surface area contributed by atoms with Crippen LogP contribution in [0, 0.1) is 14.9 Å². The fourth-order valence-electron chi connectivity index (χ4n) is 2.07. The van der Waals surface area contributed by atoms with Crippen LogP contribution >= 0.6 is 23.6 Å². The summed E-state index contributed by atoms with van der Waals surface area (Å²) in [4.78, 5) is 11.2. The van der Waals surface area contributed by atoms with Crippen molar-refractivity contribution in [3.05, 3.63) is 50.1 Å². The van der Waals surface area contributed by atoms with Gasteiger partial charge in [-0.05, 0) is 29.7 Å². The largest absolute Gasteiger partial charge is 0.500 e. The molecule has 2 aromatic heterocycles. The normalized spacial score (nSPS) is 11.1. The van der Waals surface area contributed by atoms with Crippen LogP contribution in [-0.4, -0.2) is 38.2 Å². The Morgan fingerprint density at radius 3 is 3.00 bits per heavy atom. The summed E-state index contributed by atoms with van der Waals surface area (Å²) >= 11 is 6.64. The molecule has 11 heteroatoms. The number of aromatic nitrogens is 3. The van der Waals surface area contributed by atoms with Crippen LogP contribution < -0.4 is 4.74 Å². The molecule has 0 aliphatic heterocycles. The molecule has 9 nitrogen and oxygen atoms in total. The molecule has 2 N–H and O–H groups in total. The van der Waals surface area contributed by atoms with Crippen molar-refractivity contribution in [1.82, 2.24) is 14.9 Å². The van der Waals surface area contributed by atoms with Gasteiger partial charge in [0.05, 0.1) is 23.1 Å². The molecular formula is C14H11N5O4S2. The number of phenolic OH excluding ortho intramolecular Hbond substituents is 1. The highest BCUT2D eigenvalue weighted by Gasteiger charge is 2.19. The summed E-state index contributed by atoms with van der Waals surface area (Å²) in [5.41, 5.74) is -0.114. The number of hydrogen-bond donors (Lipinski definition) is 2. The van der Waals surface area contributed by atoms with Crippen molar-refractivity contribution in [3.8, 4) is 22.2 Å². The van der Waals surface area contributed by atoms with Crippen LogP contribution in [0.2, 0.25) is 0 Å². The monoisotopic (exact) mass is 377 g/mol. The molecule has 0 aliphatic rings. The van der Waals surface area contributed by atoms with Gasteiger partial charge in [0.25, 0.3) is 0 Å². The van der Waals surface area contributed by atoms with E-state index < -0.39 is 16.4 Å². The summed E-state index contributed by atoms with van der Waals surface area (Å²) in [6, 6.07) is 6.37. The Bertz CT molecular complexity index is 1010. The van der Waals surface area contributed by atoms with E-state index in [1.54, 1.807) is 0 Å². The van der Waals surface area contributed by atoms with E-state index >= 15 is 0 Å². The lowest BCUT2D eigenvalue weighted by Gasteiger charge is -2.05. The Morgan fingerprint density at radius 2 is 2.36 bits per heavy atom. The summed E-state index contributed by atoms with van der Waals surface area (Å²) in [5, 5.41) is 33.8. The molecule has 0 bridgehead atoms. The molecule has 25 heavy (non-hydrogen) atoms. The zero-order chi connectivity index (χ0) is 18.0. The minimum absolute atomic E-state index is 0.0232. The number of nitro benzene ring substituents is 1. The molecule has 0 aliphatic carbocycles. The lowest BCUT2D eigenvalue weighted by Crippen LogP contribution is -1.97. The molecule has 0 radical (unpaired) electrons. The van der Waals surface area contributed by atoms with Crippen molar-refractivity contribution in [2.75, 3.05) is 7.11 Å². The lowest BCUT2D eigenvalue weighted by atomic mass is 10.2. The van der Waals surface area contributed by atoms with Crippen LogP contribution in [0.1, 0.15) is 5.56 Å². The van der Waals surface area contributed by atoms with Gasteiger partial charge in [0, 0.05) is 11.6 Å². The summed E-state index contributed by atoms with van der Waals surface area (Å²) in [7, 11) is 1.31. The van der Waals surface area contributed by atoms with Crippen LogP contribution in [0.25, 0.3) is 10.7 Å². The van der Waals surface area contributed by atoms with Crippen molar-refractivity contribution in [2.45, 2.75) is 0 Å². The molecule has 0 unspecified atom stereocenters. The third-order valence-corrected chi connectivity index (χ3v) is 4.34. The number of hydrogen-bond acceptors (Lipinski definition) is 8. The Balaban J connectivity index is 2.04. The number of nitro groups is 1. The van der Waals surface area contributed by atoms with Gasteiger partial charge in [0.1, 0.15) is 0 Å². The second-order valence-electron chi connectivity index (χ2n) is 4.73. The third-order valence-electron chi connectivity index (χ3n) is 3.21. The minimum atomic E-state index is -0.699. The highest BCUT2D eigenvalue weighted by molar-refractivity contribution is 7.71. The molecular weight excluding hydrogens is 366 g/mol. The molecule has 0 fully saturated rings. The summed E-state index contributed by atoms with van der Waals surface area (Å²) < 4.78 is 6.65. The molecule has 0 saturated carbocycles. The highest BCUT2D eigenvalue weighted by Crippen LogP contribution is 2.36. The van der Waals surface area contributed by atoms with Crippen molar-refractivity contribution < 1.29 is 14.8 Å². The summed E-state index contributed by atoms with van der Waals surface area (Å²) in [6.07, 6.45) is 1.37. The van der Waals surface area contributed by atoms with Gasteiger partial charge >= 0.3 is 5.69 Å². The average Bonchev–Trinajstić information content (AvgIpc) is 3.23. The Morgan fingerprint density at radius 1 is 1.56 bits per heavy atom. The van der Waals surface area contributed by atoms with E-state index in [-0.39, 0.29) is 10.5 Å². The third kappa shape index (κ3) is 3.27. The van der Waals surface area contributed by atoms with Crippen molar-refractivity contribution >= 4 is 35.5 Å². The topological polar surface area (TPSA) is 119 Å². The number of ether oxygens (including phenoxy) is 1. The number of nitrogens with one attached hydrogen (secondary N) is 1. The zero-order valence-electron chi connectivity index (χ0n) is 12.7. The van der Waals surface area contributed by atoms with Gasteiger partial charge in [-0.25, -0.2) is 5.10 Å². The van der Waals surface area contributed by atoms with E-state index in [2.05, 4.69) is 15.3 Å². The van der Waals surface area contributed by atoms with Crippen molar-refractivity contribution in [3.63, 3.8) is 0 Å². The zero-order valence-corrected chi connectivity index (χ0v) is 14.4. The van der Waals surface area contributed by atoms with Crippen molar-refractivity contribution in [1.29, 1.82) is 0 Å². The van der Waals surface area contributed by atoms with Gasteiger partial charge in [-0.15, -0.1) is 11.3 Å².